The van der Waals surface area contributed by atoms with E-state index in [1.54, 1.807) is 12.1 Å². The number of carbonyl (C=O) groups excluding carboxylic acids is 2. The molecule has 0 aliphatic heterocycles. The molecule has 0 saturated heterocycles. The number of primary amides is 1. The summed E-state index contributed by atoms with van der Waals surface area (Å²) >= 11 is 0. The van der Waals surface area contributed by atoms with Crippen LogP contribution in [0.4, 0.5) is 5.69 Å². The Morgan fingerprint density at radius 2 is 1.65 bits per heavy atom. The van der Waals surface area contributed by atoms with E-state index in [0.29, 0.717) is 17.9 Å². The summed E-state index contributed by atoms with van der Waals surface area (Å²) in [5.74, 6) is -0.712. The number of nitrogens with one attached hydrogen (secondary N) is 1. The fourth-order valence-corrected chi connectivity index (χ4v) is 3.94. The Labute approximate surface area is 199 Å². The molecule has 0 radical (unpaired) electrons. The van der Waals surface area contributed by atoms with Crippen LogP contribution in [-0.4, -0.2) is 16.4 Å². The van der Waals surface area contributed by atoms with Crippen LogP contribution in [0.3, 0.4) is 0 Å². The lowest BCUT2D eigenvalue weighted by atomic mass is 9.87. The molecule has 5 heteroatoms. The van der Waals surface area contributed by atoms with Crippen molar-refractivity contribution >= 4 is 34.5 Å². The highest BCUT2D eigenvalue weighted by Crippen LogP contribution is 2.26. The van der Waals surface area contributed by atoms with Crippen molar-refractivity contribution < 1.29 is 9.59 Å². The van der Waals surface area contributed by atoms with Crippen molar-refractivity contribution in [3.8, 4) is 0 Å². The SMILES string of the molecule is CC(C)(C)c1ccc(Cn2c(C(N)=O)cc3cc(NC(=O)/C=C/c4ccccc4)ccc32)cc1. The molecule has 0 unspecified atom stereocenters. The third kappa shape index (κ3) is 5.26. The molecule has 0 bridgehead atoms. The van der Waals surface area contributed by atoms with Crippen molar-refractivity contribution in [2.75, 3.05) is 5.32 Å². The number of hydrogen-bond donors (Lipinski definition) is 2. The number of amides is 2. The van der Waals surface area contributed by atoms with Gasteiger partial charge in [0.25, 0.3) is 5.91 Å². The highest BCUT2D eigenvalue weighted by molar-refractivity contribution is 6.04. The minimum absolute atomic E-state index is 0.0776. The second kappa shape index (κ2) is 9.40. The van der Waals surface area contributed by atoms with Gasteiger partial charge in [0.05, 0.1) is 0 Å². The van der Waals surface area contributed by atoms with Gasteiger partial charge in [-0.05, 0) is 52.4 Å². The first-order valence-corrected chi connectivity index (χ1v) is 11.3. The largest absolute Gasteiger partial charge is 0.364 e. The Morgan fingerprint density at radius 3 is 2.29 bits per heavy atom. The number of nitrogens with zero attached hydrogens (tertiary/aromatic N) is 1. The maximum absolute atomic E-state index is 12.4. The number of anilines is 1. The fraction of sp³-hybridized carbons (Fsp3) is 0.172. The molecule has 4 rings (SSSR count). The quantitative estimate of drug-likeness (QED) is 0.367. The van der Waals surface area contributed by atoms with Gasteiger partial charge in [-0.25, -0.2) is 0 Å². The van der Waals surface area contributed by atoms with Gasteiger partial charge < -0.3 is 15.6 Å². The Bertz CT molecular complexity index is 1360. The molecule has 34 heavy (non-hydrogen) atoms. The highest BCUT2D eigenvalue weighted by atomic mass is 16.1. The standard InChI is InChI=1S/C29H29N3O2/c1-29(2,3)23-12-9-21(10-13-23)19-32-25-15-14-24(17-22(25)18-26(32)28(30)34)31-27(33)16-11-20-7-5-4-6-8-20/h4-18H,19H2,1-3H3,(H2,30,34)(H,31,33)/b16-11+. The van der Waals surface area contributed by atoms with Crippen molar-refractivity contribution in [1.82, 2.24) is 4.57 Å². The van der Waals surface area contributed by atoms with Crippen LogP contribution in [0.25, 0.3) is 17.0 Å². The van der Waals surface area contributed by atoms with Crippen molar-refractivity contribution in [2.24, 2.45) is 5.73 Å². The van der Waals surface area contributed by atoms with Gasteiger partial charge in [0, 0.05) is 29.2 Å². The Hall–Kier alpha value is -4.12. The molecule has 3 N–H and O–H groups in total. The molecule has 4 aromatic rings. The van der Waals surface area contributed by atoms with Crippen LogP contribution in [0, 0.1) is 0 Å². The number of rotatable bonds is 6. The van der Waals surface area contributed by atoms with Gasteiger partial charge in [-0.2, -0.15) is 0 Å². The van der Waals surface area contributed by atoms with Gasteiger partial charge in [0.15, 0.2) is 0 Å². The molecule has 1 heterocycles. The normalized spacial score (nSPS) is 11.7. The minimum Gasteiger partial charge on any atom is -0.364 e. The number of benzene rings is 3. The van der Waals surface area contributed by atoms with Crippen molar-refractivity contribution in [2.45, 2.75) is 32.7 Å². The molecule has 0 atom stereocenters. The van der Waals surface area contributed by atoms with E-state index >= 15 is 0 Å². The van der Waals surface area contributed by atoms with E-state index in [-0.39, 0.29) is 11.3 Å². The second-order valence-electron chi connectivity index (χ2n) is 9.43. The highest BCUT2D eigenvalue weighted by Gasteiger charge is 2.16. The van der Waals surface area contributed by atoms with Crippen LogP contribution >= 0.6 is 0 Å². The lowest BCUT2D eigenvalue weighted by Crippen LogP contribution is -2.17. The fourth-order valence-electron chi connectivity index (χ4n) is 3.94. The van der Waals surface area contributed by atoms with E-state index in [1.807, 2.05) is 53.1 Å². The molecule has 0 aliphatic carbocycles. The Morgan fingerprint density at radius 1 is 0.941 bits per heavy atom. The summed E-state index contributed by atoms with van der Waals surface area (Å²) in [4.78, 5) is 24.5. The summed E-state index contributed by atoms with van der Waals surface area (Å²) in [7, 11) is 0. The molecule has 2 amide bonds. The predicted octanol–water partition coefficient (Wildman–Crippen LogP) is 5.74. The second-order valence-corrected chi connectivity index (χ2v) is 9.43. The third-order valence-corrected chi connectivity index (χ3v) is 5.81. The van der Waals surface area contributed by atoms with Gasteiger partial charge in [-0.3, -0.25) is 9.59 Å². The van der Waals surface area contributed by atoms with Crippen LogP contribution in [0.1, 0.15) is 48.0 Å². The maximum Gasteiger partial charge on any atom is 0.265 e. The van der Waals surface area contributed by atoms with E-state index in [9.17, 15) is 9.59 Å². The van der Waals surface area contributed by atoms with Crippen LogP contribution in [0.2, 0.25) is 0 Å². The molecule has 0 fully saturated rings. The molecule has 0 spiro atoms. The third-order valence-electron chi connectivity index (χ3n) is 5.81. The number of nitrogens with two attached hydrogens (primary N) is 1. The molecule has 172 valence electrons. The molecule has 3 aromatic carbocycles. The van der Waals surface area contributed by atoms with E-state index in [4.69, 9.17) is 5.73 Å². The summed E-state index contributed by atoms with van der Waals surface area (Å²) < 4.78 is 1.92. The van der Waals surface area contributed by atoms with E-state index in [2.05, 4.69) is 50.4 Å². The van der Waals surface area contributed by atoms with Gasteiger partial charge in [0.2, 0.25) is 5.91 Å². The molecule has 5 nitrogen and oxygen atoms in total. The average Bonchev–Trinajstić information content (AvgIpc) is 3.16. The van der Waals surface area contributed by atoms with Crippen LogP contribution < -0.4 is 11.1 Å². The molecular formula is C29H29N3O2. The van der Waals surface area contributed by atoms with Crippen molar-refractivity contribution in [3.63, 3.8) is 0 Å². The monoisotopic (exact) mass is 451 g/mol. The van der Waals surface area contributed by atoms with Gasteiger partial charge >= 0.3 is 0 Å². The van der Waals surface area contributed by atoms with E-state index in [1.165, 1.54) is 11.6 Å². The lowest BCUT2D eigenvalue weighted by Gasteiger charge is -2.19. The predicted molar refractivity (Wildman–Crippen MR) is 139 cm³/mol. The minimum atomic E-state index is -0.487. The van der Waals surface area contributed by atoms with Gasteiger partial charge in [0.1, 0.15) is 5.69 Å². The zero-order valence-electron chi connectivity index (χ0n) is 19.7. The Balaban J connectivity index is 1.57. The summed E-state index contributed by atoms with van der Waals surface area (Å²) in [6.07, 6.45) is 3.27. The Kier molecular flexibility index (Phi) is 6.37. The molecule has 0 saturated carbocycles. The first kappa shape index (κ1) is 23.1. The van der Waals surface area contributed by atoms with Gasteiger partial charge in [-0.1, -0.05) is 75.4 Å². The molecule has 0 aliphatic rings. The zero-order valence-corrected chi connectivity index (χ0v) is 19.7. The van der Waals surface area contributed by atoms with E-state index < -0.39 is 5.91 Å². The lowest BCUT2D eigenvalue weighted by molar-refractivity contribution is -0.111. The first-order chi connectivity index (χ1) is 16.2. The number of carbonyl (C=O) groups is 2. The van der Waals surface area contributed by atoms with Gasteiger partial charge in [-0.15, -0.1) is 0 Å². The number of hydrogen-bond acceptors (Lipinski definition) is 2. The first-order valence-electron chi connectivity index (χ1n) is 11.3. The average molecular weight is 452 g/mol. The van der Waals surface area contributed by atoms with Crippen LogP contribution in [0.5, 0.6) is 0 Å². The van der Waals surface area contributed by atoms with Crippen molar-refractivity contribution in [3.05, 3.63) is 107 Å². The molecular weight excluding hydrogens is 422 g/mol. The summed E-state index contributed by atoms with van der Waals surface area (Å²) in [6, 6.07) is 25.4. The van der Waals surface area contributed by atoms with Crippen LogP contribution in [0.15, 0.2) is 84.9 Å². The van der Waals surface area contributed by atoms with Crippen molar-refractivity contribution in [1.29, 1.82) is 0 Å². The number of aromatic nitrogens is 1. The summed E-state index contributed by atoms with van der Waals surface area (Å²) in [5, 5.41) is 3.72. The topological polar surface area (TPSA) is 77.1 Å². The summed E-state index contributed by atoms with van der Waals surface area (Å²) in [5.41, 5.74) is 11.0. The zero-order chi connectivity index (χ0) is 24.3. The number of fused-ring (bicyclic) bond motifs is 1. The maximum atomic E-state index is 12.4. The van der Waals surface area contributed by atoms with Crippen LogP contribution in [-0.2, 0) is 16.8 Å². The smallest absolute Gasteiger partial charge is 0.265 e. The molecule has 1 aromatic heterocycles. The summed E-state index contributed by atoms with van der Waals surface area (Å²) in [6.45, 7) is 7.07. The van der Waals surface area contributed by atoms with E-state index in [0.717, 1.165) is 22.0 Å².